The van der Waals surface area contributed by atoms with Crippen LogP contribution >= 0.6 is 0 Å². The average Bonchev–Trinajstić information content (AvgIpc) is 2.50. The maximum Gasteiger partial charge on any atom is 0.337 e. The van der Waals surface area contributed by atoms with E-state index in [9.17, 15) is 0 Å². The first kappa shape index (κ1) is 17.1. The molecule has 0 N–H and O–H groups in total. The van der Waals surface area contributed by atoms with Crippen LogP contribution in [0.4, 0.5) is 0 Å². The Balaban J connectivity index is 2.41. The predicted molar refractivity (Wildman–Crippen MR) is 89.1 cm³/mol. The summed E-state index contributed by atoms with van der Waals surface area (Å²) >= 11 is 0. The molecule has 0 bridgehead atoms. The minimum absolute atomic E-state index is 0.759. The Kier molecular flexibility index (Phi) is 7.81. The van der Waals surface area contributed by atoms with Gasteiger partial charge in [-0.25, -0.2) is 0 Å². The summed E-state index contributed by atoms with van der Waals surface area (Å²) in [5.41, 5.74) is 2.53. The second-order valence-corrected chi connectivity index (χ2v) is 8.76. The van der Waals surface area contributed by atoms with Gasteiger partial charge < -0.3 is 8.85 Å². The van der Waals surface area contributed by atoms with E-state index in [0.29, 0.717) is 0 Å². The van der Waals surface area contributed by atoms with Crippen LogP contribution in [0.15, 0.2) is 30.8 Å². The molecule has 0 atom stereocenters. The van der Waals surface area contributed by atoms with E-state index < -0.39 is 8.56 Å². The second-order valence-electron chi connectivity index (χ2n) is 4.95. The maximum absolute atomic E-state index is 6.14. The first-order chi connectivity index (χ1) is 9.69. The van der Waals surface area contributed by atoms with E-state index in [-0.39, 0.29) is 0 Å². The fourth-order valence-corrected chi connectivity index (χ4v) is 4.82. The van der Waals surface area contributed by atoms with Crippen molar-refractivity contribution in [2.45, 2.75) is 45.7 Å². The third-order valence-corrected chi connectivity index (χ3v) is 7.35. The van der Waals surface area contributed by atoms with Gasteiger partial charge in [-0.05, 0) is 43.0 Å². The number of aryl methyl sites for hydroxylation is 1. The average molecular weight is 292 g/mol. The molecular formula is C17H28O2Si. The van der Waals surface area contributed by atoms with Crippen molar-refractivity contribution in [3.05, 3.63) is 42.0 Å². The standard InChI is InChI=1S/C17H28O2Si/c1-5-16-11-9-12-17(15-16)13-10-14-19-20(7-3,8-4)18-6-2/h5,9,11-12,15H,1,6-8,10,13-14H2,2-4H3. The van der Waals surface area contributed by atoms with Crippen LogP contribution in [-0.4, -0.2) is 21.8 Å². The van der Waals surface area contributed by atoms with Crippen LogP contribution in [0.3, 0.4) is 0 Å². The lowest BCUT2D eigenvalue weighted by molar-refractivity contribution is 0.174. The zero-order chi connectivity index (χ0) is 14.8. The largest absolute Gasteiger partial charge is 0.395 e. The van der Waals surface area contributed by atoms with Crippen molar-refractivity contribution < 1.29 is 8.85 Å². The molecule has 0 heterocycles. The van der Waals surface area contributed by atoms with Crippen molar-refractivity contribution in [3.63, 3.8) is 0 Å². The van der Waals surface area contributed by atoms with Gasteiger partial charge in [0.1, 0.15) is 0 Å². The molecule has 0 aromatic heterocycles. The summed E-state index contributed by atoms with van der Waals surface area (Å²) in [4.78, 5) is 0. The van der Waals surface area contributed by atoms with Crippen molar-refractivity contribution in [1.29, 1.82) is 0 Å². The second kappa shape index (κ2) is 9.11. The van der Waals surface area contributed by atoms with Gasteiger partial charge in [-0.15, -0.1) is 0 Å². The minimum atomic E-state index is -1.92. The van der Waals surface area contributed by atoms with Gasteiger partial charge in [0.2, 0.25) is 0 Å². The Morgan fingerprint density at radius 1 is 1.15 bits per heavy atom. The van der Waals surface area contributed by atoms with E-state index in [2.05, 4.69) is 51.6 Å². The summed E-state index contributed by atoms with van der Waals surface area (Å²) in [6, 6.07) is 10.6. The van der Waals surface area contributed by atoms with Gasteiger partial charge in [-0.1, -0.05) is 50.8 Å². The molecule has 0 spiro atoms. The lowest BCUT2D eigenvalue weighted by Crippen LogP contribution is -2.41. The highest BCUT2D eigenvalue weighted by molar-refractivity contribution is 6.67. The lowest BCUT2D eigenvalue weighted by Gasteiger charge is -2.28. The number of rotatable bonds is 10. The molecule has 0 aliphatic carbocycles. The van der Waals surface area contributed by atoms with Crippen LogP contribution in [0.25, 0.3) is 6.08 Å². The van der Waals surface area contributed by atoms with E-state index in [0.717, 1.165) is 38.1 Å². The smallest absolute Gasteiger partial charge is 0.337 e. The molecule has 2 nitrogen and oxygen atoms in total. The molecule has 0 unspecified atom stereocenters. The Bertz CT molecular complexity index is 400. The summed E-state index contributed by atoms with van der Waals surface area (Å²) in [5.74, 6) is 0. The summed E-state index contributed by atoms with van der Waals surface area (Å²) < 4.78 is 12.1. The molecule has 20 heavy (non-hydrogen) atoms. The van der Waals surface area contributed by atoms with Gasteiger partial charge in [0.25, 0.3) is 0 Å². The highest BCUT2D eigenvalue weighted by Gasteiger charge is 2.32. The molecule has 3 heteroatoms. The Labute approximate surface area is 125 Å². The Morgan fingerprint density at radius 2 is 1.90 bits per heavy atom. The molecule has 0 saturated heterocycles. The van der Waals surface area contributed by atoms with E-state index in [4.69, 9.17) is 8.85 Å². The molecule has 0 aliphatic rings. The van der Waals surface area contributed by atoms with Crippen LogP contribution in [0, 0.1) is 0 Å². The lowest BCUT2D eigenvalue weighted by atomic mass is 10.1. The molecule has 1 aromatic rings. The Morgan fingerprint density at radius 3 is 2.50 bits per heavy atom. The summed E-state index contributed by atoms with van der Waals surface area (Å²) in [6.07, 6.45) is 3.98. The molecule has 0 amide bonds. The molecule has 0 radical (unpaired) electrons. The number of benzene rings is 1. The van der Waals surface area contributed by atoms with Crippen molar-refractivity contribution >= 4 is 14.6 Å². The fraction of sp³-hybridized carbons (Fsp3) is 0.529. The number of hydrogen-bond donors (Lipinski definition) is 0. The van der Waals surface area contributed by atoms with Gasteiger partial charge in [0.05, 0.1) is 0 Å². The SMILES string of the molecule is C=Cc1cccc(CCCO[Si](CC)(CC)OCC)c1. The fourth-order valence-electron chi connectivity index (χ4n) is 2.37. The molecule has 0 saturated carbocycles. The van der Waals surface area contributed by atoms with E-state index >= 15 is 0 Å². The first-order valence-electron chi connectivity index (χ1n) is 7.69. The highest BCUT2D eigenvalue weighted by Crippen LogP contribution is 2.19. The third-order valence-electron chi connectivity index (χ3n) is 3.65. The van der Waals surface area contributed by atoms with Gasteiger partial charge in [0.15, 0.2) is 0 Å². The maximum atomic E-state index is 6.14. The van der Waals surface area contributed by atoms with Crippen molar-refractivity contribution in [2.75, 3.05) is 13.2 Å². The Hall–Kier alpha value is -0.903. The normalized spacial score (nSPS) is 11.6. The monoisotopic (exact) mass is 292 g/mol. The third kappa shape index (κ3) is 5.23. The van der Waals surface area contributed by atoms with Gasteiger partial charge >= 0.3 is 8.56 Å². The van der Waals surface area contributed by atoms with E-state index in [1.165, 1.54) is 11.1 Å². The van der Waals surface area contributed by atoms with Crippen LogP contribution in [0.2, 0.25) is 12.1 Å². The van der Waals surface area contributed by atoms with Crippen molar-refractivity contribution in [1.82, 2.24) is 0 Å². The zero-order valence-corrected chi connectivity index (χ0v) is 14.2. The van der Waals surface area contributed by atoms with E-state index in [1.807, 2.05) is 6.08 Å². The molecule has 0 fully saturated rings. The first-order valence-corrected chi connectivity index (χ1v) is 9.92. The molecule has 1 aromatic carbocycles. The summed E-state index contributed by atoms with van der Waals surface area (Å²) in [7, 11) is -1.92. The van der Waals surface area contributed by atoms with Crippen LogP contribution < -0.4 is 0 Å². The van der Waals surface area contributed by atoms with Gasteiger partial charge in [-0.2, -0.15) is 0 Å². The molecule has 0 aliphatic heterocycles. The van der Waals surface area contributed by atoms with Crippen LogP contribution in [0.5, 0.6) is 0 Å². The summed E-state index contributed by atoms with van der Waals surface area (Å²) in [5, 5.41) is 0. The zero-order valence-electron chi connectivity index (χ0n) is 13.2. The van der Waals surface area contributed by atoms with E-state index in [1.54, 1.807) is 0 Å². The molecule has 112 valence electrons. The predicted octanol–water partition coefficient (Wildman–Crippen LogP) is 4.80. The van der Waals surface area contributed by atoms with Gasteiger partial charge in [-0.3, -0.25) is 0 Å². The minimum Gasteiger partial charge on any atom is -0.395 e. The van der Waals surface area contributed by atoms with Crippen molar-refractivity contribution in [2.24, 2.45) is 0 Å². The van der Waals surface area contributed by atoms with Gasteiger partial charge in [0, 0.05) is 13.2 Å². The van der Waals surface area contributed by atoms with Crippen LogP contribution in [0.1, 0.15) is 38.3 Å². The number of hydrogen-bond acceptors (Lipinski definition) is 2. The quantitative estimate of drug-likeness (QED) is 0.455. The molecular weight excluding hydrogens is 264 g/mol. The topological polar surface area (TPSA) is 18.5 Å². The summed E-state index contributed by atoms with van der Waals surface area (Å²) in [6.45, 7) is 11.8. The van der Waals surface area contributed by atoms with Crippen LogP contribution in [-0.2, 0) is 15.3 Å². The molecule has 1 rings (SSSR count). The van der Waals surface area contributed by atoms with Crippen molar-refractivity contribution in [3.8, 4) is 0 Å². The highest BCUT2D eigenvalue weighted by atomic mass is 28.4.